The van der Waals surface area contributed by atoms with Crippen LogP contribution in [0.15, 0.2) is 12.1 Å². The lowest BCUT2D eigenvalue weighted by atomic mass is 9.91. The summed E-state index contributed by atoms with van der Waals surface area (Å²) >= 11 is 0. The van der Waals surface area contributed by atoms with E-state index in [0.29, 0.717) is 6.61 Å². The maximum absolute atomic E-state index is 10.3. The third kappa shape index (κ3) is 2.60. The van der Waals surface area contributed by atoms with Gasteiger partial charge in [0.05, 0.1) is 12.7 Å². The van der Waals surface area contributed by atoms with E-state index in [9.17, 15) is 5.11 Å². The number of hydrogen-bond donors (Lipinski definition) is 1. The number of aromatic nitrogens is 1. The molecule has 1 aliphatic heterocycles. The Morgan fingerprint density at radius 2 is 2.06 bits per heavy atom. The Morgan fingerprint density at radius 3 is 2.62 bits per heavy atom. The zero-order valence-corrected chi connectivity index (χ0v) is 9.94. The summed E-state index contributed by atoms with van der Waals surface area (Å²) < 4.78 is 5.41. The van der Waals surface area contributed by atoms with E-state index >= 15 is 0 Å². The Bertz CT molecular complexity index is 339. The molecule has 88 valence electrons. The van der Waals surface area contributed by atoms with Crippen molar-refractivity contribution in [1.29, 1.82) is 0 Å². The van der Waals surface area contributed by atoms with Crippen molar-refractivity contribution >= 4 is 0 Å². The highest BCUT2D eigenvalue weighted by Crippen LogP contribution is 2.29. The fourth-order valence-corrected chi connectivity index (χ4v) is 2.32. The Kier molecular flexibility index (Phi) is 3.56. The average Bonchev–Trinajstić information content (AvgIpc) is 2.28. The predicted molar refractivity (Wildman–Crippen MR) is 62.2 cm³/mol. The number of aryl methyl sites for hydroxylation is 2. The number of ether oxygens (including phenoxy) is 1. The van der Waals surface area contributed by atoms with E-state index in [4.69, 9.17) is 4.74 Å². The minimum atomic E-state index is -0.416. The van der Waals surface area contributed by atoms with Crippen LogP contribution < -0.4 is 0 Å². The molecule has 3 nitrogen and oxygen atoms in total. The lowest BCUT2D eigenvalue weighted by Gasteiger charge is -2.27. The van der Waals surface area contributed by atoms with Crippen LogP contribution in [0.4, 0.5) is 0 Å². The minimum Gasteiger partial charge on any atom is -0.388 e. The molecule has 2 unspecified atom stereocenters. The predicted octanol–water partition coefficient (Wildman–Crippen LogP) is 2.16. The summed E-state index contributed by atoms with van der Waals surface area (Å²) in [6, 6.07) is 3.93. The SMILES string of the molecule is Cc1cc(C(O)C2CCCOC2)cc(C)n1. The first-order chi connectivity index (χ1) is 7.66. The van der Waals surface area contributed by atoms with Crippen LogP contribution in [0.25, 0.3) is 0 Å². The van der Waals surface area contributed by atoms with Crippen LogP contribution in [0, 0.1) is 19.8 Å². The molecule has 0 aliphatic carbocycles. The highest BCUT2D eigenvalue weighted by atomic mass is 16.5. The topological polar surface area (TPSA) is 42.4 Å². The molecule has 1 aliphatic rings. The normalized spacial score (nSPS) is 23.1. The Morgan fingerprint density at radius 1 is 1.38 bits per heavy atom. The highest BCUT2D eigenvalue weighted by molar-refractivity contribution is 5.23. The summed E-state index contributed by atoms with van der Waals surface area (Å²) in [7, 11) is 0. The van der Waals surface area contributed by atoms with E-state index in [0.717, 1.165) is 36.4 Å². The second-order valence-corrected chi connectivity index (χ2v) is 4.61. The molecule has 2 rings (SSSR count). The molecule has 0 amide bonds. The van der Waals surface area contributed by atoms with Crippen molar-refractivity contribution in [3.05, 3.63) is 29.1 Å². The van der Waals surface area contributed by atoms with Gasteiger partial charge in [-0.05, 0) is 44.4 Å². The summed E-state index contributed by atoms with van der Waals surface area (Å²) in [4.78, 5) is 4.32. The summed E-state index contributed by atoms with van der Waals surface area (Å²) in [5, 5.41) is 10.3. The third-order valence-corrected chi connectivity index (χ3v) is 3.09. The largest absolute Gasteiger partial charge is 0.388 e. The van der Waals surface area contributed by atoms with E-state index in [2.05, 4.69) is 4.98 Å². The van der Waals surface area contributed by atoms with E-state index in [-0.39, 0.29) is 5.92 Å². The number of nitrogens with zero attached hydrogens (tertiary/aromatic N) is 1. The van der Waals surface area contributed by atoms with Crippen LogP contribution in [0.5, 0.6) is 0 Å². The summed E-state index contributed by atoms with van der Waals surface area (Å²) in [6.07, 6.45) is 1.67. The Balaban J connectivity index is 2.15. The number of aliphatic hydroxyl groups is 1. The van der Waals surface area contributed by atoms with Crippen LogP contribution in [0.2, 0.25) is 0 Å². The summed E-state index contributed by atoms with van der Waals surface area (Å²) in [5.41, 5.74) is 2.90. The van der Waals surface area contributed by atoms with Crippen LogP contribution in [-0.4, -0.2) is 23.3 Å². The number of pyridine rings is 1. The van der Waals surface area contributed by atoms with E-state index in [1.165, 1.54) is 0 Å². The first kappa shape index (κ1) is 11.6. The van der Waals surface area contributed by atoms with Crippen molar-refractivity contribution < 1.29 is 9.84 Å². The fourth-order valence-electron chi connectivity index (χ4n) is 2.32. The lowest BCUT2D eigenvalue weighted by Crippen LogP contribution is -2.23. The standard InChI is InChI=1S/C13H19NO2/c1-9-6-12(7-10(2)14-9)13(15)11-4-3-5-16-8-11/h6-7,11,13,15H,3-5,8H2,1-2H3. The Labute approximate surface area is 96.5 Å². The van der Waals surface area contributed by atoms with Crippen molar-refractivity contribution in [3.8, 4) is 0 Å². The van der Waals surface area contributed by atoms with Gasteiger partial charge in [-0.3, -0.25) is 4.98 Å². The number of aliphatic hydroxyl groups excluding tert-OH is 1. The van der Waals surface area contributed by atoms with E-state index in [1.807, 2.05) is 26.0 Å². The smallest absolute Gasteiger partial charge is 0.0841 e. The van der Waals surface area contributed by atoms with Crippen molar-refractivity contribution in [2.75, 3.05) is 13.2 Å². The molecule has 0 bridgehead atoms. The molecule has 3 heteroatoms. The molecule has 16 heavy (non-hydrogen) atoms. The highest BCUT2D eigenvalue weighted by Gasteiger charge is 2.23. The third-order valence-electron chi connectivity index (χ3n) is 3.09. The van der Waals surface area contributed by atoms with Gasteiger partial charge >= 0.3 is 0 Å². The van der Waals surface area contributed by atoms with Gasteiger partial charge in [-0.25, -0.2) is 0 Å². The van der Waals surface area contributed by atoms with Crippen LogP contribution in [-0.2, 0) is 4.74 Å². The maximum Gasteiger partial charge on any atom is 0.0841 e. The molecule has 0 radical (unpaired) electrons. The molecular weight excluding hydrogens is 202 g/mol. The van der Waals surface area contributed by atoms with Gasteiger partial charge in [-0.2, -0.15) is 0 Å². The monoisotopic (exact) mass is 221 g/mol. The average molecular weight is 221 g/mol. The zero-order chi connectivity index (χ0) is 11.5. The van der Waals surface area contributed by atoms with Gasteiger partial charge in [0.1, 0.15) is 0 Å². The van der Waals surface area contributed by atoms with Crippen LogP contribution in [0.1, 0.15) is 35.9 Å². The molecular formula is C13H19NO2. The van der Waals surface area contributed by atoms with Crippen molar-refractivity contribution in [2.45, 2.75) is 32.8 Å². The molecule has 1 N–H and O–H groups in total. The van der Waals surface area contributed by atoms with Crippen molar-refractivity contribution in [2.24, 2.45) is 5.92 Å². The molecule has 0 saturated carbocycles. The van der Waals surface area contributed by atoms with Gasteiger partial charge in [0.25, 0.3) is 0 Å². The molecule has 1 aromatic rings. The van der Waals surface area contributed by atoms with Gasteiger partial charge in [0, 0.05) is 23.9 Å². The first-order valence-corrected chi connectivity index (χ1v) is 5.88. The van der Waals surface area contributed by atoms with Crippen molar-refractivity contribution in [3.63, 3.8) is 0 Å². The molecule has 1 fully saturated rings. The molecule has 2 atom stereocenters. The van der Waals surface area contributed by atoms with E-state index in [1.54, 1.807) is 0 Å². The first-order valence-electron chi connectivity index (χ1n) is 5.88. The molecule has 0 aromatic carbocycles. The molecule has 1 aromatic heterocycles. The van der Waals surface area contributed by atoms with Gasteiger partial charge < -0.3 is 9.84 Å². The zero-order valence-electron chi connectivity index (χ0n) is 9.94. The Hall–Kier alpha value is -0.930. The van der Waals surface area contributed by atoms with Crippen LogP contribution in [0.3, 0.4) is 0 Å². The molecule has 0 spiro atoms. The lowest BCUT2D eigenvalue weighted by molar-refractivity contribution is -0.0100. The van der Waals surface area contributed by atoms with Crippen LogP contribution >= 0.6 is 0 Å². The maximum atomic E-state index is 10.3. The number of hydrogen-bond acceptors (Lipinski definition) is 3. The van der Waals surface area contributed by atoms with Gasteiger partial charge in [-0.1, -0.05) is 0 Å². The van der Waals surface area contributed by atoms with Gasteiger partial charge in [-0.15, -0.1) is 0 Å². The quantitative estimate of drug-likeness (QED) is 0.832. The summed E-state index contributed by atoms with van der Waals surface area (Å²) in [5.74, 6) is 0.231. The van der Waals surface area contributed by atoms with Gasteiger partial charge in [0.2, 0.25) is 0 Å². The van der Waals surface area contributed by atoms with E-state index < -0.39 is 6.10 Å². The van der Waals surface area contributed by atoms with Crippen molar-refractivity contribution in [1.82, 2.24) is 4.98 Å². The second kappa shape index (κ2) is 4.93. The minimum absolute atomic E-state index is 0.231. The molecule has 1 saturated heterocycles. The van der Waals surface area contributed by atoms with Gasteiger partial charge in [0.15, 0.2) is 0 Å². The second-order valence-electron chi connectivity index (χ2n) is 4.61. The fraction of sp³-hybridized carbons (Fsp3) is 0.615. The summed E-state index contributed by atoms with van der Waals surface area (Å²) in [6.45, 7) is 5.42. The number of rotatable bonds is 2. The molecule has 2 heterocycles.